The molecule has 2 aromatic rings. The van der Waals surface area contributed by atoms with E-state index in [9.17, 15) is 0 Å². The zero-order chi connectivity index (χ0) is 15.4. The normalized spacial score (nSPS) is 12.0. The van der Waals surface area contributed by atoms with Gasteiger partial charge < -0.3 is 15.2 Å². The molecule has 0 bridgehead atoms. The van der Waals surface area contributed by atoms with E-state index in [0.29, 0.717) is 6.61 Å². The van der Waals surface area contributed by atoms with Crippen LogP contribution < -0.4 is 15.2 Å². The summed E-state index contributed by atoms with van der Waals surface area (Å²) in [6, 6.07) is 11.8. The fourth-order valence-corrected chi connectivity index (χ4v) is 2.64. The number of hydrogen-bond donors (Lipinski definition) is 1. The Morgan fingerprint density at radius 3 is 2.57 bits per heavy atom. The molecule has 1 atom stereocenters. The van der Waals surface area contributed by atoms with Crippen molar-refractivity contribution in [1.82, 2.24) is 0 Å². The van der Waals surface area contributed by atoms with Crippen molar-refractivity contribution in [3.8, 4) is 11.5 Å². The highest BCUT2D eigenvalue weighted by Gasteiger charge is 2.17. The molecule has 3 heteroatoms. The predicted octanol–water partition coefficient (Wildman–Crippen LogP) is 3.76. The van der Waals surface area contributed by atoms with Crippen LogP contribution in [-0.4, -0.2) is 13.7 Å². The van der Waals surface area contributed by atoms with Crippen molar-refractivity contribution in [3.63, 3.8) is 0 Å². The number of benzene rings is 2. The molecule has 0 aliphatic heterocycles. The molecule has 112 valence electrons. The summed E-state index contributed by atoms with van der Waals surface area (Å²) in [6.07, 6.45) is 0. The first-order chi connectivity index (χ1) is 10.1. The molecule has 0 spiro atoms. The first-order valence-electron chi connectivity index (χ1n) is 7.20. The summed E-state index contributed by atoms with van der Waals surface area (Å²) >= 11 is 0. The Bertz CT molecular complexity index is 623. The smallest absolute Gasteiger partial charge is 0.124 e. The second kappa shape index (κ2) is 6.64. The van der Waals surface area contributed by atoms with Gasteiger partial charge in [-0.25, -0.2) is 0 Å². The molecule has 0 radical (unpaired) electrons. The average Bonchev–Trinajstić information content (AvgIpc) is 2.46. The minimum absolute atomic E-state index is 0.235. The fraction of sp³-hybridized carbons (Fsp3) is 0.333. The Hall–Kier alpha value is -2.00. The lowest BCUT2D eigenvalue weighted by Crippen LogP contribution is -2.15. The number of methoxy groups -OCH3 is 1. The third-order valence-electron chi connectivity index (χ3n) is 3.55. The molecule has 21 heavy (non-hydrogen) atoms. The molecule has 0 aliphatic carbocycles. The van der Waals surface area contributed by atoms with Crippen molar-refractivity contribution in [2.45, 2.75) is 26.8 Å². The van der Waals surface area contributed by atoms with Crippen molar-refractivity contribution < 1.29 is 9.47 Å². The van der Waals surface area contributed by atoms with Crippen molar-refractivity contribution >= 4 is 0 Å². The SMILES string of the molecule is CCOc1cccc(C(N)c2c(C)cc(C)cc2OC)c1. The van der Waals surface area contributed by atoms with Crippen molar-refractivity contribution in [2.75, 3.05) is 13.7 Å². The summed E-state index contributed by atoms with van der Waals surface area (Å²) in [5.74, 6) is 1.68. The van der Waals surface area contributed by atoms with Crippen LogP contribution in [0, 0.1) is 13.8 Å². The number of hydrogen-bond acceptors (Lipinski definition) is 3. The standard InChI is InChI=1S/C18H23NO2/c1-5-21-15-8-6-7-14(11-15)18(19)17-13(3)9-12(2)10-16(17)20-4/h6-11,18H,5,19H2,1-4H3. The van der Waals surface area contributed by atoms with Gasteiger partial charge in [0.15, 0.2) is 0 Å². The Kier molecular flexibility index (Phi) is 4.86. The zero-order valence-corrected chi connectivity index (χ0v) is 13.1. The summed E-state index contributed by atoms with van der Waals surface area (Å²) < 4.78 is 11.1. The number of ether oxygens (including phenoxy) is 2. The highest BCUT2D eigenvalue weighted by molar-refractivity contribution is 5.49. The minimum Gasteiger partial charge on any atom is -0.496 e. The molecule has 0 heterocycles. The molecule has 2 rings (SSSR count). The molecule has 2 N–H and O–H groups in total. The molecule has 0 aromatic heterocycles. The van der Waals surface area contributed by atoms with Gasteiger partial charge in [-0.3, -0.25) is 0 Å². The quantitative estimate of drug-likeness (QED) is 0.909. The Morgan fingerprint density at radius 1 is 1.14 bits per heavy atom. The maximum atomic E-state index is 6.47. The van der Waals surface area contributed by atoms with Crippen LogP contribution in [0.4, 0.5) is 0 Å². The molecule has 0 amide bonds. The maximum absolute atomic E-state index is 6.47. The van der Waals surface area contributed by atoms with E-state index in [-0.39, 0.29) is 6.04 Å². The molecule has 2 aromatic carbocycles. The van der Waals surface area contributed by atoms with Crippen LogP contribution in [0.5, 0.6) is 11.5 Å². The van der Waals surface area contributed by atoms with Gasteiger partial charge in [0.2, 0.25) is 0 Å². The molecule has 0 saturated carbocycles. The van der Waals surface area contributed by atoms with Gasteiger partial charge in [0.1, 0.15) is 11.5 Å². The van der Waals surface area contributed by atoms with Gasteiger partial charge in [0, 0.05) is 5.56 Å². The highest BCUT2D eigenvalue weighted by Crippen LogP contribution is 2.33. The van der Waals surface area contributed by atoms with E-state index in [1.807, 2.05) is 37.3 Å². The van der Waals surface area contributed by atoms with E-state index in [1.54, 1.807) is 7.11 Å². The topological polar surface area (TPSA) is 44.5 Å². The van der Waals surface area contributed by atoms with E-state index in [2.05, 4.69) is 19.9 Å². The van der Waals surface area contributed by atoms with E-state index in [4.69, 9.17) is 15.2 Å². The average molecular weight is 285 g/mol. The molecule has 0 saturated heterocycles. The van der Waals surface area contributed by atoms with Gasteiger partial charge in [-0.1, -0.05) is 18.2 Å². The van der Waals surface area contributed by atoms with E-state index in [1.165, 1.54) is 5.56 Å². The van der Waals surface area contributed by atoms with E-state index < -0.39 is 0 Å². The number of nitrogens with two attached hydrogens (primary N) is 1. The molecule has 0 aliphatic rings. The number of aryl methyl sites for hydroxylation is 2. The predicted molar refractivity (Wildman–Crippen MR) is 86.1 cm³/mol. The van der Waals surface area contributed by atoms with Crippen LogP contribution in [0.25, 0.3) is 0 Å². The van der Waals surface area contributed by atoms with Gasteiger partial charge in [0.05, 0.1) is 19.8 Å². The monoisotopic (exact) mass is 285 g/mol. The number of rotatable bonds is 5. The molecular formula is C18H23NO2. The van der Waals surface area contributed by atoms with Crippen molar-refractivity contribution in [3.05, 3.63) is 58.7 Å². The molecule has 0 fully saturated rings. The zero-order valence-electron chi connectivity index (χ0n) is 13.1. The fourth-order valence-electron chi connectivity index (χ4n) is 2.64. The second-order valence-electron chi connectivity index (χ2n) is 5.18. The van der Waals surface area contributed by atoms with Gasteiger partial charge in [-0.2, -0.15) is 0 Å². The molecular weight excluding hydrogens is 262 g/mol. The second-order valence-corrected chi connectivity index (χ2v) is 5.18. The van der Waals surface area contributed by atoms with Gasteiger partial charge in [-0.05, 0) is 55.7 Å². The van der Waals surface area contributed by atoms with Gasteiger partial charge in [0.25, 0.3) is 0 Å². The van der Waals surface area contributed by atoms with Crippen LogP contribution in [0.1, 0.15) is 35.2 Å². The van der Waals surface area contributed by atoms with Crippen LogP contribution in [0.3, 0.4) is 0 Å². The summed E-state index contributed by atoms with van der Waals surface area (Å²) in [5.41, 5.74) is 10.8. The molecule has 3 nitrogen and oxygen atoms in total. The van der Waals surface area contributed by atoms with Crippen LogP contribution in [-0.2, 0) is 0 Å². The van der Waals surface area contributed by atoms with Crippen LogP contribution in [0.2, 0.25) is 0 Å². The largest absolute Gasteiger partial charge is 0.496 e. The highest BCUT2D eigenvalue weighted by atomic mass is 16.5. The van der Waals surface area contributed by atoms with Gasteiger partial charge >= 0.3 is 0 Å². The van der Waals surface area contributed by atoms with Crippen molar-refractivity contribution in [1.29, 1.82) is 0 Å². The molecule has 1 unspecified atom stereocenters. The Labute approximate surface area is 126 Å². The van der Waals surface area contributed by atoms with Crippen LogP contribution >= 0.6 is 0 Å². The van der Waals surface area contributed by atoms with E-state index >= 15 is 0 Å². The lowest BCUT2D eigenvalue weighted by molar-refractivity contribution is 0.339. The Morgan fingerprint density at radius 2 is 1.90 bits per heavy atom. The maximum Gasteiger partial charge on any atom is 0.124 e. The summed E-state index contributed by atoms with van der Waals surface area (Å²) in [5, 5.41) is 0. The van der Waals surface area contributed by atoms with Crippen molar-refractivity contribution in [2.24, 2.45) is 5.73 Å². The van der Waals surface area contributed by atoms with Gasteiger partial charge in [-0.15, -0.1) is 0 Å². The lowest BCUT2D eigenvalue weighted by atomic mass is 9.93. The van der Waals surface area contributed by atoms with E-state index in [0.717, 1.165) is 28.2 Å². The minimum atomic E-state index is -0.235. The first kappa shape index (κ1) is 15.4. The lowest BCUT2D eigenvalue weighted by Gasteiger charge is -2.20. The summed E-state index contributed by atoms with van der Waals surface area (Å²) in [4.78, 5) is 0. The van der Waals surface area contributed by atoms with Crippen LogP contribution in [0.15, 0.2) is 36.4 Å². The first-order valence-corrected chi connectivity index (χ1v) is 7.20. The third kappa shape index (κ3) is 3.37. The third-order valence-corrected chi connectivity index (χ3v) is 3.55. The summed E-state index contributed by atoms with van der Waals surface area (Å²) in [6.45, 7) is 6.74. The Balaban J connectivity index is 2.44. The summed E-state index contributed by atoms with van der Waals surface area (Å²) in [7, 11) is 1.68.